The van der Waals surface area contributed by atoms with Crippen LogP contribution in [-0.2, 0) is 16.1 Å². The first-order valence-corrected chi connectivity index (χ1v) is 8.17. The molecule has 1 aliphatic rings. The van der Waals surface area contributed by atoms with Crippen LogP contribution >= 0.6 is 11.8 Å². The third-order valence-electron chi connectivity index (χ3n) is 3.50. The summed E-state index contributed by atoms with van der Waals surface area (Å²) in [4.78, 5) is 13.8. The number of thioether (sulfide) groups is 1. The van der Waals surface area contributed by atoms with Crippen molar-refractivity contribution in [1.82, 2.24) is 19.9 Å². The number of aromatic nitrogens is 3. The fourth-order valence-corrected chi connectivity index (χ4v) is 3.55. The summed E-state index contributed by atoms with van der Waals surface area (Å²) in [6, 6.07) is 10.1. The van der Waals surface area contributed by atoms with Gasteiger partial charge in [0.15, 0.2) is 0 Å². The summed E-state index contributed by atoms with van der Waals surface area (Å²) in [5.41, 5.74) is 1.99. The van der Waals surface area contributed by atoms with E-state index >= 15 is 0 Å². The molecule has 1 saturated heterocycles. The second-order valence-corrected chi connectivity index (χ2v) is 6.14. The minimum Gasteiger partial charge on any atom is -0.383 e. The van der Waals surface area contributed by atoms with Crippen molar-refractivity contribution in [2.45, 2.75) is 11.9 Å². The van der Waals surface area contributed by atoms with Gasteiger partial charge in [-0.3, -0.25) is 4.79 Å². The van der Waals surface area contributed by atoms with Crippen molar-refractivity contribution < 1.29 is 9.53 Å². The molecule has 0 saturated carbocycles. The fraction of sp³-hybridized carbons (Fsp3) is 0.400. The van der Waals surface area contributed by atoms with E-state index in [1.54, 1.807) is 18.9 Å². The molecule has 3 rings (SSSR count). The van der Waals surface area contributed by atoms with Gasteiger partial charge in [0.1, 0.15) is 11.1 Å². The number of hydrogen-bond donors (Lipinski definition) is 0. The van der Waals surface area contributed by atoms with Crippen molar-refractivity contribution in [2.75, 3.05) is 26.0 Å². The van der Waals surface area contributed by atoms with Gasteiger partial charge < -0.3 is 9.64 Å². The first kappa shape index (κ1) is 15.1. The Labute approximate surface area is 133 Å². The average molecular weight is 318 g/mol. The van der Waals surface area contributed by atoms with Crippen molar-refractivity contribution in [3.05, 3.63) is 47.8 Å². The van der Waals surface area contributed by atoms with E-state index < -0.39 is 0 Å². The highest BCUT2D eigenvalue weighted by Crippen LogP contribution is 2.37. The molecule has 0 spiro atoms. The van der Waals surface area contributed by atoms with Gasteiger partial charge in [0, 0.05) is 13.7 Å². The highest BCUT2D eigenvalue weighted by molar-refractivity contribution is 8.00. The quantitative estimate of drug-likeness (QED) is 0.809. The molecule has 0 unspecified atom stereocenters. The molecule has 22 heavy (non-hydrogen) atoms. The molecule has 7 heteroatoms. The van der Waals surface area contributed by atoms with Crippen LogP contribution in [0.1, 0.15) is 16.6 Å². The SMILES string of the molecule is COCCN1C(=O)CS[C@H]1c1cn(Cc2ccccc2)nn1. The number of hydrogen-bond acceptors (Lipinski definition) is 5. The number of benzene rings is 1. The molecule has 1 aromatic heterocycles. The Hall–Kier alpha value is -1.86. The molecule has 0 radical (unpaired) electrons. The van der Waals surface area contributed by atoms with Crippen molar-refractivity contribution in [2.24, 2.45) is 0 Å². The first-order chi connectivity index (χ1) is 10.8. The second-order valence-electron chi connectivity index (χ2n) is 5.07. The number of amides is 1. The normalized spacial score (nSPS) is 18.1. The Morgan fingerprint density at radius 2 is 2.18 bits per heavy atom. The zero-order valence-corrected chi connectivity index (χ0v) is 13.2. The van der Waals surface area contributed by atoms with Crippen LogP contribution in [0.15, 0.2) is 36.5 Å². The maximum atomic E-state index is 12.0. The Morgan fingerprint density at radius 1 is 1.36 bits per heavy atom. The molecule has 0 bridgehead atoms. The van der Waals surface area contributed by atoms with Crippen LogP contribution in [0, 0.1) is 0 Å². The molecule has 0 aliphatic carbocycles. The van der Waals surface area contributed by atoms with Crippen LogP contribution in [0.4, 0.5) is 0 Å². The molecule has 0 N–H and O–H groups in total. The van der Waals surface area contributed by atoms with Crippen LogP contribution in [0.25, 0.3) is 0 Å². The minimum atomic E-state index is -0.0628. The summed E-state index contributed by atoms with van der Waals surface area (Å²) in [6.07, 6.45) is 1.92. The third kappa shape index (κ3) is 3.31. The van der Waals surface area contributed by atoms with E-state index in [2.05, 4.69) is 22.4 Å². The van der Waals surface area contributed by atoms with Crippen LogP contribution in [0.3, 0.4) is 0 Å². The van der Waals surface area contributed by atoms with E-state index in [4.69, 9.17) is 4.74 Å². The lowest BCUT2D eigenvalue weighted by molar-refractivity contribution is -0.128. The highest BCUT2D eigenvalue weighted by Gasteiger charge is 2.34. The summed E-state index contributed by atoms with van der Waals surface area (Å²) in [5.74, 6) is 0.615. The summed E-state index contributed by atoms with van der Waals surface area (Å²) in [6.45, 7) is 1.79. The standard InChI is InChI=1S/C15H18N4O2S/c1-21-8-7-19-14(20)11-22-15(19)13-10-18(17-16-13)9-12-5-3-2-4-6-12/h2-6,10,15H,7-9,11H2,1H3/t15-/m0/s1. The number of methoxy groups -OCH3 is 1. The fourth-order valence-electron chi connectivity index (χ4n) is 2.40. The maximum absolute atomic E-state index is 12.0. The van der Waals surface area contributed by atoms with Gasteiger partial charge >= 0.3 is 0 Å². The Balaban J connectivity index is 1.71. The summed E-state index contributed by atoms with van der Waals surface area (Å²) < 4.78 is 6.88. The third-order valence-corrected chi connectivity index (χ3v) is 4.73. The molecule has 2 heterocycles. The van der Waals surface area contributed by atoms with E-state index in [9.17, 15) is 4.79 Å². The number of rotatable bonds is 6. The lowest BCUT2D eigenvalue weighted by Gasteiger charge is -2.21. The van der Waals surface area contributed by atoms with Gasteiger partial charge in [0.25, 0.3) is 0 Å². The Kier molecular flexibility index (Phi) is 4.74. The number of ether oxygens (including phenoxy) is 1. The number of carbonyl (C=O) groups is 1. The van der Waals surface area contributed by atoms with Crippen LogP contribution in [0.5, 0.6) is 0 Å². The zero-order chi connectivity index (χ0) is 15.4. The predicted octanol–water partition coefficient (Wildman–Crippen LogP) is 1.55. The molecule has 116 valence electrons. The molecule has 1 fully saturated rings. The van der Waals surface area contributed by atoms with Gasteiger partial charge in [-0.15, -0.1) is 16.9 Å². The van der Waals surface area contributed by atoms with Gasteiger partial charge in [-0.2, -0.15) is 0 Å². The van der Waals surface area contributed by atoms with Gasteiger partial charge in [0.05, 0.1) is 25.1 Å². The number of nitrogens with zero attached hydrogens (tertiary/aromatic N) is 4. The Morgan fingerprint density at radius 3 is 2.95 bits per heavy atom. The van der Waals surface area contributed by atoms with Crippen LogP contribution in [-0.4, -0.2) is 51.8 Å². The summed E-state index contributed by atoms with van der Waals surface area (Å²) in [7, 11) is 1.64. The summed E-state index contributed by atoms with van der Waals surface area (Å²) in [5, 5.41) is 8.36. The van der Waals surface area contributed by atoms with Crippen molar-refractivity contribution in [3.8, 4) is 0 Å². The molecule has 6 nitrogen and oxygen atoms in total. The highest BCUT2D eigenvalue weighted by atomic mass is 32.2. The largest absolute Gasteiger partial charge is 0.383 e. The zero-order valence-electron chi connectivity index (χ0n) is 12.4. The maximum Gasteiger partial charge on any atom is 0.233 e. The van der Waals surface area contributed by atoms with Crippen molar-refractivity contribution in [1.29, 1.82) is 0 Å². The van der Waals surface area contributed by atoms with E-state index in [1.807, 2.05) is 34.0 Å². The second kappa shape index (κ2) is 6.93. The molecule has 2 aromatic rings. The van der Waals surface area contributed by atoms with Crippen molar-refractivity contribution >= 4 is 17.7 Å². The molecular formula is C15H18N4O2S. The molecule has 1 aromatic carbocycles. The van der Waals surface area contributed by atoms with E-state index in [1.165, 1.54) is 5.56 Å². The topological polar surface area (TPSA) is 60.2 Å². The van der Waals surface area contributed by atoms with E-state index in [0.717, 1.165) is 5.69 Å². The first-order valence-electron chi connectivity index (χ1n) is 7.12. The monoisotopic (exact) mass is 318 g/mol. The van der Waals surface area contributed by atoms with Crippen LogP contribution in [0.2, 0.25) is 0 Å². The lowest BCUT2D eigenvalue weighted by Crippen LogP contribution is -2.31. The molecule has 1 atom stereocenters. The average Bonchev–Trinajstić information content (AvgIpc) is 3.13. The Bertz CT molecular complexity index is 631. The summed E-state index contributed by atoms with van der Waals surface area (Å²) >= 11 is 1.59. The lowest BCUT2D eigenvalue weighted by atomic mass is 10.2. The van der Waals surface area contributed by atoms with E-state index in [-0.39, 0.29) is 11.3 Å². The van der Waals surface area contributed by atoms with Gasteiger partial charge in [-0.1, -0.05) is 35.5 Å². The molecule has 1 amide bonds. The smallest absolute Gasteiger partial charge is 0.233 e. The van der Waals surface area contributed by atoms with Crippen molar-refractivity contribution in [3.63, 3.8) is 0 Å². The van der Waals surface area contributed by atoms with Crippen LogP contribution < -0.4 is 0 Å². The predicted molar refractivity (Wildman–Crippen MR) is 84.4 cm³/mol. The van der Waals surface area contributed by atoms with E-state index in [0.29, 0.717) is 25.4 Å². The van der Waals surface area contributed by atoms with Gasteiger partial charge in [0.2, 0.25) is 5.91 Å². The minimum absolute atomic E-state index is 0.0628. The number of carbonyl (C=O) groups excluding carboxylic acids is 1. The van der Waals surface area contributed by atoms with Gasteiger partial charge in [-0.25, -0.2) is 4.68 Å². The van der Waals surface area contributed by atoms with Gasteiger partial charge in [-0.05, 0) is 5.56 Å². The molecular weight excluding hydrogens is 300 g/mol. The molecule has 1 aliphatic heterocycles.